The fourth-order valence-electron chi connectivity index (χ4n) is 4.06. The van der Waals surface area contributed by atoms with E-state index >= 15 is 0 Å². The maximum Gasteiger partial charge on any atom is 0.236 e. The molecule has 0 spiro atoms. The van der Waals surface area contributed by atoms with E-state index < -0.39 is 0 Å². The third-order valence-electron chi connectivity index (χ3n) is 5.83. The molecule has 150 valence electrons. The van der Waals surface area contributed by atoms with E-state index in [2.05, 4.69) is 16.7 Å². The SMILES string of the molecule is O=C(C[C@@H]1CCN2C[C@@H]1C=CCOc1ccccc1CNCC2=O)NC1CC1. The number of fused-ring (bicyclic) bond motifs is 3. The molecule has 6 heteroatoms. The number of hydrogen-bond acceptors (Lipinski definition) is 4. The molecule has 1 aromatic carbocycles. The molecule has 28 heavy (non-hydrogen) atoms. The number of carbonyl (C=O) groups is 2. The second-order valence-corrected chi connectivity index (χ2v) is 8.05. The lowest BCUT2D eigenvalue weighted by Gasteiger charge is -2.37. The van der Waals surface area contributed by atoms with Gasteiger partial charge in [-0.3, -0.25) is 9.59 Å². The summed E-state index contributed by atoms with van der Waals surface area (Å²) < 4.78 is 5.94. The van der Waals surface area contributed by atoms with Gasteiger partial charge in [-0.2, -0.15) is 0 Å². The summed E-state index contributed by atoms with van der Waals surface area (Å²) in [5.74, 6) is 1.56. The molecular formula is C22H29N3O3. The van der Waals surface area contributed by atoms with Crippen molar-refractivity contribution in [1.29, 1.82) is 0 Å². The van der Waals surface area contributed by atoms with Crippen LogP contribution in [0.1, 0.15) is 31.2 Å². The van der Waals surface area contributed by atoms with Crippen LogP contribution in [0.25, 0.3) is 0 Å². The van der Waals surface area contributed by atoms with Crippen molar-refractivity contribution in [2.24, 2.45) is 11.8 Å². The average molecular weight is 383 g/mol. The van der Waals surface area contributed by atoms with E-state index in [1.807, 2.05) is 35.2 Å². The Kier molecular flexibility index (Phi) is 5.95. The molecule has 4 rings (SSSR count). The van der Waals surface area contributed by atoms with Gasteiger partial charge in [-0.25, -0.2) is 0 Å². The molecule has 2 bridgehead atoms. The molecule has 2 amide bonds. The van der Waals surface area contributed by atoms with Gasteiger partial charge in [0.1, 0.15) is 12.4 Å². The van der Waals surface area contributed by atoms with Crippen molar-refractivity contribution < 1.29 is 14.3 Å². The standard InChI is InChI=1S/C22H29N3O3/c26-21(24-19-7-8-19)12-16-9-10-25-15-18(16)5-3-11-28-20-6-2-1-4-17(20)13-23-14-22(25)27/h1-6,16,18-19,23H,7-15H2,(H,24,26)/t16-,18-/m0/s1. The lowest BCUT2D eigenvalue weighted by atomic mass is 9.82. The van der Waals surface area contributed by atoms with Crippen LogP contribution in [-0.2, 0) is 16.1 Å². The first-order valence-electron chi connectivity index (χ1n) is 10.3. The van der Waals surface area contributed by atoms with Gasteiger partial charge >= 0.3 is 0 Å². The third kappa shape index (κ3) is 4.93. The number of hydrogen-bond donors (Lipinski definition) is 2. The van der Waals surface area contributed by atoms with Crippen molar-refractivity contribution >= 4 is 11.8 Å². The van der Waals surface area contributed by atoms with Gasteiger partial charge in [0.2, 0.25) is 11.8 Å². The van der Waals surface area contributed by atoms with Gasteiger partial charge in [0.15, 0.2) is 0 Å². The Labute approximate surface area is 166 Å². The number of rotatable bonds is 3. The summed E-state index contributed by atoms with van der Waals surface area (Å²) in [6.07, 6.45) is 7.78. The number of piperidine rings is 1. The van der Waals surface area contributed by atoms with Gasteiger partial charge in [0.05, 0.1) is 6.54 Å². The minimum absolute atomic E-state index is 0.122. The molecule has 2 heterocycles. The van der Waals surface area contributed by atoms with E-state index in [0.29, 0.717) is 38.7 Å². The zero-order valence-electron chi connectivity index (χ0n) is 16.2. The molecule has 0 unspecified atom stereocenters. The highest BCUT2D eigenvalue weighted by atomic mass is 16.5. The summed E-state index contributed by atoms with van der Waals surface area (Å²) in [4.78, 5) is 26.9. The molecule has 6 nitrogen and oxygen atoms in total. The van der Waals surface area contributed by atoms with E-state index in [1.165, 1.54) is 0 Å². The predicted molar refractivity (Wildman–Crippen MR) is 107 cm³/mol. The van der Waals surface area contributed by atoms with Crippen LogP contribution >= 0.6 is 0 Å². The van der Waals surface area contributed by atoms with Crippen molar-refractivity contribution in [1.82, 2.24) is 15.5 Å². The lowest BCUT2D eigenvalue weighted by molar-refractivity contribution is -0.132. The number of para-hydroxylation sites is 1. The van der Waals surface area contributed by atoms with Crippen LogP contribution in [0.2, 0.25) is 0 Å². The van der Waals surface area contributed by atoms with Crippen molar-refractivity contribution in [2.75, 3.05) is 26.2 Å². The van der Waals surface area contributed by atoms with Gasteiger partial charge in [0.25, 0.3) is 0 Å². The van der Waals surface area contributed by atoms with Gasteiger partial charge < -0.3 is 20.3 Å². The number of carbonyl (C=O) groups excluding carboxylic acids is 2. The summed E-state index contributed by atoms with van der Waals surface area (Å²) in [5, 5.41) is 6.34. The molecule has 2 fully saturated rings. The van der Waals surface area contributed by atoms with Gasteiger partial charge in [-0.15, -0.1) is 0 Å². The first-order valence-corrected chi connectivity index (χ1v) is 10.3. The minimum atomic E-state index is 0.122. The van der Waals surface area contributed by atoms with Crippen LogP contribution in [0.15, 0.2) is 36.4 Å². The Balaban J connectivity index is 1.46. The Hall–Kier alpha value is -2.34. The van der Waals surface area contributed by atoms with Crippen LogP contribution < -0.4 is 15.4 Å². The Morgan fingerprint density at radius 3 is 2.93 bits per heavy atom. The summed E-state index contributed by atoms with van der Waals surface area (Å²) in [6, 6.07) is 8.30. The number of benzene rings is 1. The second-order valence-electron chi connectivity index (χ2n) is 8.05. The zero-order valence-corrected chi connectivity index (χ0v) is 16.2. The topological polar surface area (TPSA) is 70.7 Å². The molecule has 0 radical (unpaired) electrons. The highest BCUT2D eigenvalue weighted by molar-refractivity contribution is 5.79. The van der Waals surface area contributed by atoms with Crippen LogP contribution in [0.3, 0.4) is 0 Å². The Bertz CT molecular complexity index is 744. The monoisotopic (exact) mass is 383 g/mol. The highest BCUT2D eigenvalue weighted by Crippen LogP contribution is 2.29. The van der Waals surface area contributed by atoms with Crippen molar-refractivity contribution in [3.05, 3.63) is 42.0 Å². The van der Waals surface area contributed by atoms with E-state index in [1.54, 1.807) is 0 Å². The second kappa shape index (κ2) is 8.78. The quantitative estimate of drug-likeness (QED) is 0.782. The van der Waals surface area contributed by atoms with E-state index in [9.17, 15) is 9.59 Å². The molecule has 1 aromatic rings. The minimum Gasteiger partial charge on any atom is -0.489 e. The fraction of sp³-hybridized carbons (Fsp3) is 0.545. The molecule has 0 aromatic heterocycles. The van der Waals surface area contributed by atoms with E-state index in [0.717, 1.165) is 37.1 Å². The molecule has 1 aliphatic carbocycles. The molecular weight excluding hydrogens is 354 g/mol. The predicted octanol–water partition coefficient (Wildman–Crippen LogP) is 1.86. The normalized spacial score (nSPS) is 25.6. The summed E-state index contributed by atoms with van der Waals surface area (Å²) >= 11 is 0. The summed E-state index contributed by atoms with van der Waals surface area (Å²) in [7, 11) is 0. The van der Waals surface area contributed by atoms with E-state index in [4.69, 9.17) is 4.74 Å². The largest absolute Gasteiger partial charge is 0.489 e. The zero-order chi connectivity index (χ0) is 19.3. The molecule has 1 saturated carbocycles. The van der Waals surface area contributed by atoms with Gasteiger partial charge in [-0.05, 0) is 37.2 Å². The van der Waals surface area contributed by atoms with Crippen LogP contribution in [0.5, 0.6) is 5.75 Å². The average Bonchev–Trinajstić information content (AvgIpc) is 3.50. The summed E-state index contributed by atoms with van der Waals surface area (Å²) in [5.41, 5.74) is 1.05. The maximum absolute atomic E-state index is 12.7. The maximum atomic E-state index is 12.7. The highest BCUT2D eigenvalue weighted by Gasteiger charge is 2.32. The van der Waals surface area contributed by atoms with Crippen LogP contribution in [-0.4, -0.2) is 49.0 Å². The molecule has 2 N–H and O–H groups in total. The number of amides is 2. The Morgan fingerprint density at radius 2 is 2.07 bits per heavy atom. The Morgan fingerprint density at radius 1 is 1.21 bits per heavy atom. The number of nitrogens with one attached hydrogen (secondary N) is 2. The molecule has 2 aliphatic heterocycles. The third-order valence-corrected chi connectivity index (χ3v) is 5.83. The molecule has 2 atom stereocenters. The summed E-state index contributed by atoms with van der Waals surface area (Å²) in [6.45, 7) is 2.80. The first-order chi connectivity index (χ1) is 13.7. The fourth-order valence-corrected chi connectivity index (χ4v) is 4.06. The first kappa shape index (κ1) is 19.0. The van der Waals surface area contributed by atoms with Crippen LogP contribution in [0.4, 0.5) is 0 Å². The van der Waals surface area contributed by atoms with Gasteiger partial charge in [0, 0.05) is 37.7 Å². The van der Waals surface area contributed by atoms with Crippen LogP contribution in [0, 0.1) is 11.8 Å². The number of ether oxygens (including phenoxy) is 1. The molecule has 3 aliphatic rings. The van der Waals surface area contributed by atoms with Crippen molar-refractivity contribution in [3.8, 4) is 5.75 Å². The van der Waals surface area contributed by atoms with E-state index in [-0.39, 0.29) is 23.7 Å². The van der Waals surface area contributed by atoms with Crippen molar-refractivity contribution in [3.63, 3.8) is 0 Å². The smallest absolute Gasteiger partial charge is 0.236 e. The lowest BCUT2D eigenvalue weighted by Crippen LogP contribution is -2.47. The number of nitrogens with zero attached hydrogens (tertiary/aromatic N) is 1. The van der Waals surface area contributed by atoms with Gasteiger partial charge in [-0.1, -0.05) is 30.4 Å². The van der Waals surface area contributed by atoms with Crippen molar-refractivity contribution in [2.45, 2.75) is 38.3 Å². The molecule has 1 saturated heterocycles.